The predicted molar refractivity (Wildman–Crippen MR) is 60.7 cm³/mol. The van der Waals surface area contributed by atoms with Crippen LogP contribution in [0.1, 0.15) is 45.4 Å². The molecule has 0 aromatic heterocycles. The summed E-state index contributed by atoms with van der Waals surface area (Å²) in [5.74, 6) is 0.323. The SMILES string of the molecule is CN1C(=O)CCC[C@H]2NCCCC[C@]21C. The molecule has 15 heavy (non-hydrogen) atoms. The van der Waals surface area contributed by atoms with Crippen LogP contribution in [-0.4, -0.2) is 36.0 Å². The van der Waals surface area contributed by atoms with E-state index in [9.17, 15) is 4.79 Å². The van der Waals surface area contributed by atoms with E-state index in [0.717, 1.165) is 32.2 Å². The van der Waals surface area contributed by atoms with Gasteiger partial charge in [-0.3, -0.25) is 4.79 Å². The normalized spacial score (nSPS) is 38.1. The van der Waals surface area contributed by atoms with Crippen LogP contribution < -0.4 is 5.32 Å². The van der Waals surface area contributed by atoms with Crippen LogP contribution in [0.15, 0.2) is 0 Å². The summed E-state index contributed by atoms with van der Waals surface area (Å²) in [6.45, 7) is 3.36. The topological polar surface area (TPSA) is 32.3 Å². The predicted octanol–water partition coefficient (Wildman–Crippen LogP) is 1.53. The smallest absolute Gasteiger partial charge is 0.222 e. The Morgan fingerprint density at radius 3 is 3.00 bits per heavy atom. The highest BCUT2D eigenvalue weighted by Crippen LogP contribution is 2.33. The molecule has 2 aliphatic rings. The van der Waals surface area contributed by atoms with Gasteiger partial charge in [0.2, 0.25) is 5.91 Å². The number of nitrogens with zero attached hydrogens (tertiary/aromatic N) is 1. The minimum absolute atomic E-state index is 0.0457. The van der Waals surface area contributed by atoms with Crippen molar-refractivity contribution in [2.75, 3.05) is 13.6 Å². The second kappa shape index (κ2) is 4.12. The van der Waals surface area contributed by atoms with Gasteiger partial charge in [-0.05, 0) is 45.6 Å². The largest absolute Gasteiger partial charge is 0.339 e. The van der Waals surface area contributed by atoms with Crippen LogP contribution in [0.25, 0.3) is 0 Å². The van der Waals surface area contributed by atoms with E-state index in [4.69, 9.17) is 0 Å². The molecule has 86 valence electrons. The highest BCUT2D eigenvalue weighted by molar-refractivity contribution is 5.77. The Hall–Kier alpha value is -0.570. The van der Waals surface area contributed by atoms with Gasteiger partial charge < -0.3 is 10.2 Å². The van der Waals surface area contributed by atoms with Crippen LogP contribution in [0.5, 0.6) is 0 Å². The van der Waals surface area contributed by atoms with Gasteiger partial charge in [0.1, 0.15) is 0 Å². The molecule has 0 saturated carbocycles. The van der Waals surface area contributed by atoms with Gasteiger partial charge in [-0.1, -0.05) is 0 Å². The second-order valence-electron chi connectivity index (χ2n) is 5.17. The average Bonchev–Trinajstić information content (AvgIpc) is 2.45. The van der Waals surface area contributed by atoms with Gasteiger partial charge in [-0.15, -0.1) is 0 Å². The van der Waals surface area contributed by atoms with Crippen molar-refractivity contribution in [2.24, 2.45) is 0 Å². The first-order valence-corrected chi connectivity index (χ1v) is 6.14. The van der Waals surface area contributed by atoms with E-state index in [0.29, 0.717) is 11.9 Å². The molecule has 2 atom stereocenters. The van der Waals surface area contributed by atoms with Gasteiger partial charge >= 0.3 is 0 Å². The first-order chi connectivity index (χ1) is 7.14. The van der Waals surface area contributed by atoms with Crippen molar-refractivity contribution in [1.29, 1.82) is 0 Å². The molecule has 0 aliphatic carbocycles. The summed E-state index contributed by atoms with van der Waals surface area (Å²) in [7, 11) is 1.98. The van der Waals surface area contributed by atoms with E-state index in [1.165, 1.54) is 12.8 Å². The first kappa shape index (κ1) is 10.9. The molecule has 1 amide bonds. The number of hydrogen-bond acceptors (Lipinski definition) is 2. The van der Waals surface area contributed by atoms with Gasteiger partial charge in [0.15, 0.2) is 0 Å². The van der Waals surface area contributed by atoms with E-state index in [1.807, 2.05) is 11.9 Å². The number of carbonyl (C=O) groups is 1. The Morgan fingerprint density at radius 2 is 2.20 bits per heavy atom. The quantitative estimate of drug-likeness (QED) is 0.657. The molecule has 0 spiro atoms. The van der Waals surface area contributed by atoms with Crippen molar-refractivity contribution in [1.82, 2.24) is 10.2 Å². The number of hydrogen-bond donors (Lipinski definition) is 1. The van der Waals surface area contributed by atoms with Gasteiger partial charge in [-0.2, -0.15) is 0 Å². The monoisotopic (exact) mass is 210 g/mol. The van der Waals surface area contributed by atoms with Crippen LogP contribution in [0.3, 0.4) is 0 Å². The fourth-order valence-corrected chi connectivity index (χ4v) is 3.00. The fraction of sp³-hybridized carbons (Fsp3) is 0.917. The summed E-state index contributed by atoms with van der Waals surface area (Å²) < 4.78 is 0. The maximum Gasteiger partial charge on any atom is 0.222 e. The van der Waals surface area contributed by atoms with Gasteiger partial charge in [0.25, 0.3) is 0 Å². The number of amides is 1. The van der Waals surface area contributed by atoms with Gasteiger partial charge in [-0.25, -0.2) is 0 Å². The van der Waals surface area contributed by atoms with Crippen molar-refractivity contribution in [2.45, 2.75) is 57.0 Å². The summed E-state index contributed by atoms with van der Waals surface area (Å²) in [5, 5.41) is 3.62. The van der Waals surface area contributed by atoms with E-state index < -0.39 is 0 Å². The average molecular weight is 210 g/mol. The first-order valence-electron chi connectivity index (χ1n) is 6.14. The zero-order valence-corrected chi connectivity index (χ0v) is 9.88. The molecule has 2 rings (SSSR count). The zero-order valence-electron chi connectivity index (χ0n) is 9.88. The number of likely N-dealkylation sites (tertiary alicyclic amines) is 1. The molecule has 3 heteroatoms. The lowest BCUT2D eigenvalue weighted by Gasteiger charge is -2.42. The van der Waals surface area contributed by atoms with Crippen molar-refractivity contribution < 1.29 is 4.79 Å². The number of rotatable bonds is 0. The molecule has 3 nitrogen and oxygen atoms in total. The Balaban J connectivity index is 2.25. The van der Waals surface area contributed by atoms with Gasteiger partial charge in [0.05, 0.1) is 5.54 Å². The third-order valence-electron chi connectivity index (χ3n) is 4.27. The van der Waals surface area contributed by atoms with Crippen LogP contribution >= 0.6 is 0 Å². The number of fused-ring (bicyclic) bond motifs is 1. The standard InChI is InChI=1S/C12H22N2O/c1-12-8-3-4-9-13-10(12)6-5-7-11(15)14(12)2/h10,13H,3-9H2,1-2H3/t10-,12-/m1/s1. The minimum atomic E-state index is 0.0457. The lowest BCUT2D eigenvalue weighted by Crippen LogP contribution is -2.57. The van der Waals surface area contributed by atoms with Crippen molar-refractivity contribution >= 4 is 5.91 Å². The molecule has 2 heterocycles. The number of carbonyl (C=O) groups excluding carboxylic acids is 1. The van der Waals surface area contributed by atoms with Crippen molar-refractivity contribution in [3.8, 4) is 0 Å². The highest BCUT2D eigenvalue weighted by atomic mass is 16.2. The zero-order chi connectivity index (χ0) is 10.9. The van der Waals surface area contributed by atoms with E-state index in [-0.39, 0.29) is 5.54 Å². The van der Waals surface area contributed by atoms with E-state index >= 15 is 0 Å². The third-order valence-corrected chi connectivity index (χ3v) is 4.27. The molecule has 0 aromatic carbocycles. The molecule has 1 N–H and O–H groups in total. The summed E-state index contributed by atoms with van der Waals surface area (Å²) in [6.07, 6.45) is 6.53. The third kappa shape index (κ3) is 1.89. The summed E-state index contributed by atoms with van der Waals surface area (Å²) in [4.78, 5) is 13.9. The lowest BCUT2D eigenvalue weighted by molar-refractivity contribution is -0.135. The van der Waals surface area contributed by atoms with Crippen LogP contribution in [0.4, 0.5) is 0 Å². The maximum absolute atomic E-state index is 11.9. The maximum atomic E-state index is 11.9. The van der Waals surface area contributed by atoms with Gasteiger partial charge in [0, 0.05) is 19.5 Å². The molecular weight excluding hydrogens is 188 g/mol. The molecule has 0 bridgehead atoms. The molecule has 0 aromatic rings. The summed E-state index contributed by atoms with van der Waals surface area (Å²) in [6, 6.07) is 0.497. The lowest BCUT2D eigenvalue weighted by atomic mass is 9.85. The second-order valence-corrected chi connectivity index (χ2v) is 5.17. The minimum Gasteiger partial charge on any atom is -0.339 e. The molecule has 2 fully saturated rings. The number of likely N-dealkylation sites (N-methyl/N-ethyl adjacent to an activating group) is 1. The Kier molecular flexibility index (Phi) is 3.01. The van der Waals surface area contributed by atoms with Crippen LogP contribution in [0, 0.1) is 0 Å². The Bertz CT molecular complexity index is 254. The molecule has 0 radical (unpaired) electrons. The summed E-state index contributed by atoms with van der Waals surface area (Å²) in [5.41, 5.74) is 0.0457. The van der Waals surface area contributed by atoms with Crippen molar-refractivity contribution in [3.63, 3.8) is 0 Å². The number of nitrogens with one attached hydrogen (secondary N) is 1. The van der Waals surface area contributed by atoms with Crippen LogP contribution in [0.2, 0.25) is 0 Å². The fourth-order valence-electron chi connectivity index (χ4n) is 3.00. The van der Waals surface area contributed by atoms with Crippen LogP contribution in [-0.2, 0) is 4.79 Å². The molecule has 0 unspecified atom stereocenters. The Morgan fingerprint density at radius 1 is 1.40 bits per heavy atom. The van der Waals surface area contributed by atoms with E-state index in [2.05, 4.69) is 12.2 Å². The van der Waals surface area contributed by atoms with E-state index in [1.54, 1.807) is 0 Å². The molecular formula is C12H22N2O. The van der Waals surface area contributed by atoms with Crippen molar-refractivity contribution in [3.05, 3.63) is 0 Å². The highest BCUT2D eigenvalue weighted by Gasteiger charge is 2.42. The molecule has 2 aliphatic heterocycles. The Labute approximate surface area is 92.2 Å². The molecule has 2 saturated heterocycles. The summed E-state index contributed by atoms with van der Waals surface area (Å²) >= 11 is 0.